The molecule has 0 unspecified atom stereocenters. The summed E-state index contributed by atoms with van der Waals surface area (Å²) in [5.41, 5.74) is 5.21. The molecule has 6 heteroatoms. The molecule has 0 saturated carbocycles. The Bertz CT molecular complexity index is 1010. The summed E-state index contributed by atoms with van der Waals surface area (Å²) in [5.74, 6) is 0.485. The van der Waals surface area contributed by atoms with Gasteiger partial charge < -0.3 is 9.47 Å². The number of carbonyl (C=O) groups is 2. The van der Waals surface area contributed by atoms with Crippen molar-refractivity contribution in [2.75, 3.05) is 13.2 Å². The van der Waals surface area contributed by atoms with E-state index >= 15 is 0 Å². The van der Waals surface area contributed by atoms with E-state index in [1.165, 1.54) is 19.3 Å². The van der Waals surface area contributed by atoms with Crippen molar-refractivity contribution in [3.8, 4) is 11.5 Å². The molecule has 0 radical (unpaired) electrons. The summed E-state index contributed by atoms with van der Waals surface area (Å²) < 4.78 is 11.3. The molecule has 3 aromatic rings. The molecule has 0 heterocycles. The number of carbonyl (C=O) groups excluding carboxylic acids is 2. The third-order valence-electron chi connectivity index (χ3n) is 5.06. The highest BCUT2D eigenvalue weighted by molar-refractivity contribution is 5.95. The summed E-state index contributed by atoms with van der Waals surface area (Å²) in [6, 6.07) is 20.3. The molecule has 2 amide bonds. The van der Waals surface area contributed by atoms with Crippen LogP contribution in [0.2, 0.25) is 0 Å². The molecule has 0 aliphatic carbocycles. The van der Waals surface area contributed by atoms with Crippen LogP contribution in [0.15, 0.2) is 66.7 Å². The smallest absolute Gasteiger partial charge is 0.276 e. The Labute approximate surface area is 188 Å². The lowest BCUT2D eigenvalue weighted by Gasteiger charge is -2.11. The van der Waals surface area contributed by atoms with Crippen LogP contribution in [0.3, 0.4) is 0 Å². The molecule has 2 N–H and O–H groups in total. The monoisotopic (exact) mass is 434 g/mol. The van der Waals surface area contributed by atoms with Crippen molar-refractivity contribution in [2.24, 2.45) is 0 Å². The van der Waals surface area contributed by atoms with Gasteiger partial charge in [0.05, 0.1) is 6.61 Å². The van der Waals surface area contributed by atoms with E-state index in [4.69, 9.17) is 9.47 Å². The SMILES string of the molecule is CCCCCCCOc1ccc(C(=O)NNC(=O)COc2cccc3ccccc23)cc1. The summed E-state index contributed by atoms with van der Waals surface area (Å²) in [4.78, 5) is 24.3. The maximum Gasteiger partial charge on any atom is 0.276 e. The number of hydrogen-bond acceptors (Lipinski definition) is 4. The van der Waals surface area contributed by atoms with Gasteiger partial charge in [-0.05, 0) is 42.1 Å². The first kappa shape index (κ1) is 23.1. The van der Waals surface area contributed by atoms with Crippen LogP contribution in [-0.4, -0.2) is 25.0 Å². The maximum absolute atomic E-state index is 12.3. The summed E-state index contributed by atoms with van der Waals surface area (Å²) in [5, 5.41) is 1.96. The van der Waals surface area contributed by atoms with E-state index < -0.39 is 11.8 Å². The van der Waals surface area contributed by atoms with E-state index in [9.17, 15) is 9.59 Å². The fraction of sp³-hybridized carbons (Fsp3) is 0.308. The summed E-state index contributed by atoms with van der Waals surface area (Å²) in [7, 11) is 0. The van der Waals surface area contributed by atoms with Gasteiger partial charge in [-0.15, -0.1) is 0 Å². The average Bonchev–Trinajstić information content (AvgIpc) is 2.83. The quantitative estimate of drug-likeness (QED) is 0.328. The minimum Gasteiger partial charge on any atom is -0.494 e. The second-order valence-corrected chi connectivity index (χ2v) is 7.56. The Morgan fingerprint density at radius 1 is 0.781 bits per heavy atom. The fourth-order valence-corrected chi connectivity index (χ4v) is 3.30. The van der Waals surface area contributed by atoms with Gasteiger partial charge in [0, 0.05) is 10.9 Å². The van der Waals surface area contributed by atoms with E-state index in [0.29, 0.717) is 17.9 Å². The van der Waals surface area contributed by atoms with Gasteiger partial charge in [-0.3, -0.25) is 20.4 Å². The summed E-state index contributed by atoms with van der Waals surface area (Å²) in [6.07, 6.45) is 5.91. The first-order valence-electron chi connectivity index (χ1n) is 11.1. The van der Waals surface area contributed by atoms with Crippen molar-refractivity contribution in [1.29, 1.82) is 0 Å². The second-order valence-electron chi connectivity index (χ2n) is 7.56. The molecule has 0 saturated heterocycles. The molecule has 0 aliphatic rings. The Morgan fingerprint density at radius 2 is 1.53 bits per heavy atom. The van der Waals surface area contributed by atoms with Crippen LogP contribution in [0, 0.1) is 0 Å². The molecule has 6 nitrogen and oxygen atoms in total. The Kier molecular flexibility index (Phi) is 8.92. The third-order valence-corrected chi connectivity index (χ3v) is 5.06. The van der Waals surface area contributed by atoms with Crippen LogP contribution in [0.5, 0.6) is 11.5 Å². The van der Waals surface area contributed by atoms with E-state index in [-0.39, 0.29) is 6.61 Å². The molecule has 3 aromatic carbocycles. The number of rotatable bonds is 11. The van der Waals surface area contributed by atoms with Gasteiger partial charge >= 0.3 is 0 Å². The topological polar surface area (TPSA) is 76.7 Å². The zero-order valence-corrected chi connectivity index (χ0v) is 18.4. The number of fused-ring (bicyclic) bond motifs is 1. The van der Waals surface area contributed by atoms with Crippen molar-refractivity contribution >= 4 is 22.6 Å². The highest BCUT2D eigenvalue weighted by Crippen LogP contribution is 2.24. The molecule has 32 heavy (non-hydrogen) atoms. The number of amides is 2. The average molecular weight is 435 g/mol. The standard InChI is InChI=1S/C26H30N2O4/c1-2-3-4-5-8-18-31-22-16-14-21(15-17-22)26(30)28-27-25(29)19-32-24-13-9-11-20-10-6-7-12-23(20)24/h6-7,9-17H,2-5,8,18-19H2,1H3,(H,27,29)(H,28,30). The first-order chi connectivity index (χ1) is 15.7. The number of hydrazine groups is 1. The summed E-state index contributed by atoms with van der Waals surface area (Å²) in [6.45, 7) is 2.65. The van der Waals surface area contributed by atoms with Gasteiger partial charge in [-0.1, -0.05) is 69.0 Å². The predicted molar refractivity (Wildman–Crippen MR) is 126 cm³/mol. The van der Waals surface area contributed by atoms with Crippen molar-refractivity contribution in [2.45, 2.75) is 39.0 Å². The lowest BCUT2D eigenvalue weighted by atomic mass is 10.1. The van der Waals surface area contributed by atoms with Crippen molar-refractivity contribution in [3.05, 3.63) is 72.3 Å². The molecular weight excluding hydrogens is 404 g/mol. The predicted octanol–water partition coefficient (Wildman–Crippen LogP) is 5.03. The second kappa shape index (κ2) is 12.3. The van der Waals surface area contributed by atoms with Crippen LogP contribution in [-0.2, 0) is 4.79 Å². The minimum atomic E-state index is -0.450. The van der Waals surface area contributed by atoms with Gasteiger partial charge in [0.2, 0.25) is 0 Å². The van der Waals surface area contributed by atoms with Crippen LogP contribution in [0.25, 0.3) is 10.8 Å². The van der Waals surface area contributed by atoms with Crippen molar-refractivity contribution < 1.29 is 19.1 Å². The highest BCUT2D eigenvalue weighted by Gasteiger charge is 2.09. The van der Waals surface area contributed by atoms with Gasteiger partial charge in [-0.2, -0.15) is 0 Å². The van der Waals surface area contributed by atoms with Crippen LogP contribution < -0.4 is 20.3 Å². The molecule has 0 aliphatic heterocycles. The Balaban J connectivity index is 1.39. The molecule has 0 atom stereocenters. The normalized spacial score (nSPS) is 10.5. The molecule has 0 aromatic heterocycles. The lowest BCUT2D eigenvalue weighted by molar-refractivity contribution is -0.123. The molecule has 0 spiro atoms. The summed E-state index contributed by atoms with van der Waals surface area (Å²) >= 11 is 0. The van der Waals surface area contributed by atoms with E-state index in [1.807, 2.05) is 42.5 Å². The number of nitrogens with one attached hydrogen (secondary N) is 2. The third kappa shape index (κ3) is 7.01. The van der Waals surface area contributed by atoms with Crippen LogP contribution in [0.1, 0.15) is 49.4 Å². The fourth-order valence-electron chi connectivity index (χ4n) is 3.30. The van der Waals surface area contributed by atoms with E-state index in [1.54, 1.807) is 24.3 Å². The molecule has 0 bridgehead atoms. The minimum absolute atomic E-state index is 0.209. The van der Waals surface area contributed by atoms with Crippen molar-refractivity contribution in [3.63, 3.8) is 0 Å². The zero-order valence-electron chi connectivity index (χ0n) is 18.4. The first-order valence-corrected chi connectivity index (χ1v) is 11.1. The Morgan fingerprint density at radius 3 is 2.34 bits per heavy atom. The highest BCUT2D eigenvalue weighted by atomic mass is 16.5. The molecule has 3 rings (SSSR count). The number of ether oxygens (including phenoxy) is 2. The lowest BCUT2D eigenvalue weighted by Crippen LogP contribution is -2.43. The van der Waals surface area contributed by atoms with E-state index in [0.717, 1.165) is 29.4 Å². The van der Waals surface area contributed by atoms with Gasteiger partial charge in [-0.25, -0.2) is 0 Å². The van der Waals surface area contributed by atoms with Gasteiger partial charge in [0.1, 0.15) is 11.5 Å². The molecular formula is C26H30N2O4. The molecule has 0 fully saturated rings. The largest absolute Gasteiger partial charge is 0.494 e. The number of unbranched alkanes of at least 4 members (excludes halogenated alkanes) is 4. The zero-order chi connectivity index (χ0) is 22.6. The molecule has 168 valence electrons. The van der Waals surface area contributed by atoms with Crippen LogP contribution in [0.4, 0.5) is 0 Å². The van der Waals surface area contributed by atoms with Crippen molar-refractivity contribution in [1.82, 2.24) is 10.9 Å². The maximum atomic E-state index is 12.3. The number of benzene rings is 3. The number of hydrogen-bond donors (Lipinski definition) is 2. The van der Waals surface area contributed by atoms with Crippen LogP contribution >= 0.6 is 0 Å². The van der Waals surface area contributed by atoms with Gasteiger partial charge in [0.15, 0.2) is 6.61 Å². The van der Waals surface area contributed by atoms with E-state index in [2.05, 4.69) is 17.8 Å². The van der Waals surface area contributed by atoms with Gasteiger partial charge in [0.25, 0.3) is 11.8 Å². The Hall–Kier alpha value is -3.54.